The molecule has 0 amide bonds. The number of rotatable bonds is 3. The van der Waals surface area contributed by atoms with E-state index in [2.05, 4.69) is 21.9 Å². The predicted octanol–water partition coefficient (Wildman–Crippen LogP) is 1.85. The van der Waals surface area contributed by atoms with E-state index in [4.69, 9.17) is 0 Å². The van der Waals surface area contributed by atoms with Crippen molar-refractivity contribution in [2.24, 2.45) is 0 Å². The average Bonchev–Trinajstić information content (AvgIpc) is 2.74. The molecule has 152 valence electrons. The van der Waals surface area contributed by atoms with Crippen molar-refractivity contribution in [2.45, 2.75) is 18.9 Å². The Morgan fingerprint density at radius 2 is 1.97 bits per heavy atom. The monoisotopic (exact) mass is 396 g/mol. The molecule has 0 aliphatic carbocycles. The van der Waals surface area contributed by atoms with Gasteiger partial charge < -0.3 is 14.7 Å². The molecule has 2 aromatic rings. The van der Waals surface area contributed by atoms with Crippen LogP contribution in [-0.2, 0) is 0 Å². The number of likely N-dealkylation sites (N-methyl/N-ethyl adjacent to an activating group) is 1. The molecule has 0 radical (unpaired) electrons. The third-order valence-electron chi connectivity index (χ3n) is 5.87. The zero-order chi connectivity index (χ0) is 20.4. The summed E-state index contributed by atoms with van der Waals surface area (Å²) in [5, 5.41) is 13.8. The van der Waals surface area contributed by atoms with E-state index < -0.39 is 5.82 Å². The number of piperidine rings is 1. The van der Waals surface area contributed by atoms with Crippen LogP contribution < -0.4 is 15.4 Å². The van der Waals surface area contributed by atoms with E-state index >= 15 is 0 Å². The molecule has 29 heavy (non-hydrogen) atoms. The Bertz CT molecular complexity index is 976. The number of piperazine rings is 1. The number of hydrogen-bond donors (Lipinski definition) is 0. The topological polar surface area (TPSA) is 68.4 Å². The molecular formula is C21H25FN6O. The summed E-state index contributed by atoms with van der Waals surface area (Å²) in [5.41, 5.74) is 1.38. The van der Waals surface area contributed by atoms with Crippen molar-refractivity contribution >= 4 is 11.4 Å². The summed E-state index contributed by atoms with van der Waals surface area (Å²) in [6, 6.07) is 8.20. The number of benzene rings is 1. The zero-order valence-electron chi connectivity index (χ0n) is 16.6. The minimum atomic E-state index is -0.515. The van der Waals surface area contributed by atoms with Crippen LogP contribution >= 0.6 is 0 Å². The van der Waals surface area contributed by atoms with E-state index in [1.54, 1.807) is 24.4 Å². The standard InChI is InChI=1S/C21H25FN6O/c1-25-8-10-26(11-9-25)17-12-21(29)28(24-14-17)16-4-3-7-27(15-16)20-6-2-5-19(22)18(20)13-23/h2,5-6,12,14,16H,3-4,7-11,15H2,1H3/t16-/m0/s1. The molecule has 7 nitrogen and oxygen atoms in total. The Morgan fingerprint density at radius 3 is 2.69 bits per heavy atom. The van der Waals surface area contributed by atoms with Crippen molar-refractivity contribution in [1.82, 2.24) is 14.7 Å². The minimum Gasteiger partial charge on any atom is -0.368 e. The number of nitrogens with zero attached hydrogens (tertiary/aromatic N) is 6. The van der Waals surface area contributed by atoms with Crippen LogP contribution in [0.25, 0.3) is 0 Å². The van der Waals surface area contributed by atoms with Crippen molar-refractivity contribution in [3.63, 3.8) is 0 Å². The van der Waals surface area contributed by atoms with Gasteiger partial charge in [-0.15, -0.1) is 0 Å². The van der Waals surface area contributed by atoms with Gasteiger partial charge in [0.25, 0.3) is 5.56 Å². The normalized spacial score (nSPS) is 20.5. The molecule has 0 saturated carbocycles. The molecule has 2 fully saturated rings. The predicted molar refractivity (Wildman–Crippen MR) is 110 cm³/mol. The van der Waals surface area contributed by atoms with E-state index in [9.17, 15) is 14.4 Å². The van der Waals surface area contributed by atoms with Gasteiger partial charge in [-0.3, -0.25) is 4.79 Å². The summed E-state index contributed by atoms with van der Waals surface area (Å²) < 4.78 is 15.5. The highest BCUT2D eigenvalue weighted by atomic mass is 19.1. The summed E-state index contributed by atoms with van der Waals surface area (Å²) in [7, 11) is 2.10. The first-order chi connectivity index (χ1) is 14.1. The van der Waals surface area contributed by atoms with Crippen molar-refractivity contribution in [3.05, 3.63) is 52.2 Å². The number of halogens is 1. The molecule has 1 atom stereocenters. The molecule has 1 aromatic carbocycles. The first kappa shape index (κ1) is 19.4. The van der Waals surface area contributed by atoms with Gasteiger partial charge in [0.1, 0.15) is 17.4 Å². The highest BCUT2D eigenvalue weighted by Crippen LogP contribution is 2.29. The van der Waals surface area contributed by atoms with Crippen LogP contribution in [0.15, 0.2) is 35.3 Å². The number of nitriles is 1. The van der Waals surface area contributed by atoms with Crippen LogP contribution in [0.4, 0.5) is 15.8 Å². The van der Waals surface area contributed by atoms with E-state index in [1.165, 1.54) is 10.7 Å². The van der Waals surface area contributed by atoms with Gasteiger partial charge in [-0.2, -0.15) is 10.4 Å². The van der Waals surface area contributed by atoms with Gasteiger partial charge in [0.2, 0.25) is 0 Å². The lowest BCUT2D eigenvalue weighted by atomic mass is 10.0. The van der Waals surface area contributed by atoms with Gasteiger partial charge in [-0.25, -0.2) is 9.07 Å². The van der Waals surface area contributed by atoms with E-state index in [-0.39, 0.29) is 17.2 Å². The third kappa shape index (κ3) is 3.96. The number of hydrogen-bond acceptors (Lipinski definition) is 6. The molecule has 2 saturated heterocycles. The van der Waals surface area contributed by atoms with Crippen LogP contribution in [0.5, 0.6) is 0 Å². The van der Waals surface area contributed by atoms with E-state index in [0.717, 1.165) is 51.3 Å². The molecule has 0 N–H and O–H groups in total. The number of anilines is 2. The Labute approximate surface area is 169 Å². The van der Waals surface area contributed by atoms with Crippen LogP contribution in [-0.4, -0.2) is 61.0 Å². The molecule has 0 bridgehead atoms. The first-order valence-corrected chi connectivity index (χ1v) is 10.0. The second-order valence-corrected chi connectivity index (χ2v) is 7.77. The summed E-state index contributed by atoms with van der Waals surface area (Å²) in [4.78, 5) is 19.2. The highest BCUT2D eigenvalue weighted by molar-refractivity contribution is 5.60. The Balaban J connectivity index is 1.54. The Morgan fingerprint density at radius 1 is 1.17 bits per heavy atom. The van der Waals surface area contributed by atoms with Crippen molar-refractivity contribution < 1.29 is 4.39 Å². The lowest BCUT2D eigenvalue weighted by molar-refractivity contribution is 0.312. The van der Waals surface area contributed by atoms with E-state index in [1.807, 2.05) is 11.0 Å². The van der Waals surface area contributed by atoms with Gasteiger partial charge in [0.15, 0.2) is 0 Å². The molecule has 0 unspecified atom stereocenters. The second-order valence-electron chi connectivity index (χ2n) is 7.77. The second kappa shape index (κ2) is 8.21. The maximum atomic E-state index is 14.0. The maximum Gasteiger partial charge on any atom is 0.269 e. The molecule has 2 aliphatic heterocycles. The summed E-state index contributed by atoms with van der Waals surface area (Å²) in [6.07, 6.45) is 3.45. The van der Waals surface area contributed by atoms with Crippen molar-refractivity contribution in [3.8, 4) is 6.07 Å². The Hall–Kier alpha value is -2.92. The fourth-order valence-electron chi connectivity index (χ4n) is 4.18. The molecule has 4 rings (SSSR count). The average molecular weight is 396 g/mol. The smallest absolute Gasteiger partial charge is 0.269 e. The molecule has 2 aliphatic rings. The number of aromatic nitrogens is 2. The Kier molecular flexibility index (Phi) is 5.49. The van der Waals surface area contributed by atoms with Gasteiger partial charge in [0, 0.05) is 45.3 Å². The molecule has 0 spiro atoms. The van der Waals surface area contributed by atoms with Gasteiger partial charge in [-0.05, 0) is 32.0 Å². The van der Waals surface area contributed by atoms with E-state index in [0.29, 0.717) is 12.2 Å². The van der Waals surface area contributed by atoms with Crippen molar-refractivity contribution in [1.29, 1.82) is 5.26 Å². The van der Waals surface area contributed by atoms with Gasteiger partial charge in [0.05, 0.1) is 23.6 Å². The fourth-order valence-corrected chi connectivity index (χ4v) is 4.18. The minimum absolute atomic E-state index is 0.0545. The summed E-state index contributed by atoms with van der Waals surface area (Å²) >= 11 is 0. The first-order valence-electron chi connectivity index (χ1n) is 10.0. The molecule has 3 heterocycles. The SMILES string of the molecule is CN1CCN(c2cnn([C@H]3CCCN(c4cccc(F)c4C#N)C3)c(=O)c2)CC1. The van der Waals surface area contributed by atoms with Gasteiger partial charge in [-0.1, -0.05) is 6.07 Å². The summed E-state index contributed by atoms with van der Waals surface area (Å²) in [5.74, 6) is -0.515. The van der Waals surface area contributed by atoms with Crippen LogP contribution in [0.2, 0.25) is 0 Å². The van der Waals surface area contributed by atoms with Crippen LogP contribution in [0, 0.1) is 17.1 Å². The molecular weight excluding hydrogens is 371 g/mol. The van der Waals surface area contributed by atoms with Crippen LogP contribution in [0.1, 0.15) is 24.4 Å². The van der Waals surface area contributed by atoms with Gasteiger partial charge >= 0.3 is 0 Å². The fraction of sp³-hybridized carbons (Fsp3) is 0.476. The highest BCUT2D eigenvalue weighted by Gasteiger charge is 2.26. The van der Waals surface area contributed by atoms with Crippen molar-refractivity contribution in [2.75, 3.05) is 56.1 Å². The van der Waals surface area contributed by atoms with Crippen LogP contribution in [0.3, 0.4) is 0 Å². The third-order valence-corrected chi connectivity index (χ3v) is 5.87. The largest absolute Gasteiger partial charge is 0.368 e. The lowest BCUT2D eigenvalue weighted by Gasteiger charge is -2.36. The maximum absolute atomic E-state index is 14.0. The molecule has 1 aromatic heterocycles. The quantitative estimate of drug-likeness (QED) is 0.789. The zero-order valence-corrected chi connectivity index (χ0v) is 16.6. The summed E-state index contributed by atoms with van der Waals surface area (Å²) in [6.45, 7) is 4.96. The lowest BCUT2D eigenvalue weighted by Crippen LogP contribution is -2.45. The molecule has 8 heteroatoms.